The summed E-state index contributed by atoms with van der Waals surface area (Å²) in [5.41, 5.74) is 0. The average molecular weight is 347 g/mol. The van der Waals surface area contributed by atoms with Gasteiger partial charge in [-0.05, 0) is 45.7 Å². The second-order valence-electron chi connectivity index (χ2n) is 8.20. The summed E-state index contributed by atoms with van der Waals surface area (Å²) < 4.78 is 11.8. The third-order valence-corrected chi connectivity index (χ3v) is 5.09. The van der Waals surface area contributed by atoms with Gasteiger partial charge in [-0.25, -0.2) is 0 Å². The topological polar surface area (TPSA) is 35.5 Å². The molecule has 0 aliphatic carbocycles. The SMILES string of the molecule is CCCCCCCCC(CC(=O)O[Si](C)(C)C)O[Si](C)(C)C. The van der Waals surface area contributed by atoms with Crippen LogP contribution >= 0.6 is 0 Å². The van der Waals surface area contributed by atoms with E-state index in [2.05, 4.69) is 26.6 Å². The number of rotatable bonds is 12. The molecule has 0 N–H and O–H groups in total. The van der Waals surface area contributed by atoms with Crippen LogP contribution in [0.1, 0.15) is 58.3 Å². The Morgan fingerprint density at radius 1 is 0.864 bits per heavy atom. The molecule has 0 aromatic rings. The lowest BCUT2D eigenvalue weighted by Gasteiger charge is -2.27. The first-order valence-corrected chi connectivity index (χ1v) is 15.7. The standard InChI is InChI=1S/C17H38O3Si2/c1-8-9-10-11-12-13-14-16(19-21(2,3)4)15-17(18)20-22(5,6)7/h16H,8-15H2,1-7H3. The summed E-state index contributed by atoms with van der Waals surface area (Å²) in [7, 11) is -3.42. The maximum absolute atomic E-state index is 12.1. The van der Waals surface area contributed by atoms with Crippen molar-refractivity contribution in [2.45, 2.75) is 104 Å². The minimum atomic E-state index is -1.79. The number of hydrogen-bond acceptors (Lipinski definition) is 3. The number of carbonyl (C=O) groups is 1. The van der Waals surface area contributed by atoms with Gasteiger partial charge >= 0.3 is 0 Å². The zero-order valence-electron chi connectivity index (χ0n) is 16.0. The molecule has 0 saturated heterocycles. The van der Waals surface area contributed by atoms with Crippen molar-refractivity contribution in [1.29, 1.82) is 0 Å². The number of carbonyl (C=O) groups excluding carboxylic acids is 1. The quantitative estimate of drug-likeness (QED) is 0.334. The van der Waals surface area contributed by atoms with E-state index in [1.165, 1.54) is 32.1 Å². The fourth-order valence-electron chi connectivity index (χ4n) is 2.42. The normalized spacial score (nSPS) is 14.0. The Kier molecular flexibility index (Phi) is 10.5. The summed E-state index contributed by atoms with van der Waals surface area (Å²) in [5.74, 6) is -0.0756. The van der Waals surface area contributed by atoms with Crippen molar-refractivity contribution >= 4 is 22.6 Å². The Balaban J connectivity index is 4.24. The van der Waals surface area contributed by atoms with Crippen LogP contribution in [0.5, 0.6) is 0 Å². The second-order valence-corrected chi connectivity index (χ2v) is 17.1. The van der Waals surface area contributed by atoms with Crippen LogP contribution in [0.2, 0.25) is 39.3 Å². The van der Waals surface area contributed by atoms with Crippen LogP contribution < -0.4 is 0 Å². The lowest BCUT2D eigenvalue weighted by atomic mass is 10.1. The maximum atomic E-state index is 12.1. The Morgan fingerprint density at radius 3 is 1.91 bits per heavy atom. The Bertz CT molecular complexity index is 306. The first-order valence-electron chi connectivity index (χ1n) is 8.93. The predicted octanol–water partition coefficient (Wildman–Crippen LogP) is 5.73. The van der Waals surface area contributed by atoms with Gasteiger partial charge in [0.15, 0.2) is 8.32 Å². The third kappa shape index (κ3) is 14.8. The van der Waals surface area contributed by atoms with Crippen LogP contribution in [0.15, 0.2) is 0 Å². The molecule has 1 unspecified atom stereocenters. The lowest BCUT2D eigenvalue weighted by molar-refractivity contribution is -0.137. The zero-order chi connectivity index (χ0) is 17.2. The van der Waals surface area contributed by atoms with E-state index < -0.39 is 16.6 Å². The van der Waals surface area contributed by atoms with E-state index in [1.807, 2.05) is 19.6 Å². The highest BCUT2D eigenvalue weighted by Gasteiger charge is 2.26. The molecule has 22 heavy (non-hydrogen) atoms. The van der Waals surface area contributed by atoms with E-state index in [1.54, 1.807) is 0 Å². The van der Waals surface area contributed by atoms with Gasteiger partial charge in [0.25, 0.3) is 5.97 Å². The summed E-state index contributed by atoms with van der Waals surface area (Å²) in [6.45, 7) is 14.9. The van der Waals surface area contributed by atoms with Crippen molar-refractivity contribution in [3.05, 3.63) is 0 Å². The molecule has 1 atom stereocenters. The van der Waals surface area contributed by atoms with E-state index in [4.69, 9.17) is 8.85 Å². The van der Waals surface area contributed by atoms with Crippen LogP contribution in [0, 0.1) is 0 Å². The third-order valence-electron chi connectivity index (χ3n) is 3.21. The molecule has 0 heterocycles. The van der Waals surface area contributed by atoms with E-state index >= 15 is 0 Å². The van der Waals surface area contributed by atoms with Gasteiger partial charge < -0.3 is 8.85 Å². The summed E-state index contributed by atoms with van der Waals surface area (Å²) in [5, 5.41) is 0. The fourth-order valence-corrected chi connectivity index (χ4v) is 4.39. The van der Waals surface area contributed by atoms with Crippen molar-refractivity contribution < 1.29 is 13.6 Å². The van der Waals surface area contributed by atoms with Crippen molar-refractivity contribution in [2.24, 2.45) is 0 Å². The summed E-state index contributed by atoms with van der Waals surface area (Å²) >= 11 is 0. The van der Waals surface area contributed by atoms with E-state index in [0.29, 0.717) is 6.42 Å². The van der Waals surface area contributed by atoms with Crippen LogP contribution in [0.25, 0.3) is 0 Å². The van der Waals surface area contributed by atoms with E-state index in [9.17, 15) is 4.79 Å². The Labute approximate surface area is 140 Å². The molecule has 3 nitrogen and oxygen atoms in total. The summed E-state index contributed by atoms with van der Waals surface area (Å²) in [6.07, 6.45) is 9.08. The Morgan fingerprint density at radius 2 is 1.41 bits per heavy atom. The molecule has 0 radical (unpaired) electrons. The summed E-state index contributed by atoms with van der Waals surface area (Å²) in [4.78, 5) is 12.1. The van der Waals surface area contributed by atoms with Crippen LogP contribution in [-0.4, -0.2) is 28.7 Å². The number of hydrogen-bond donors (Lipinski definition) is 0. The molecule has 0 amide bonds. The molecule has 0 aliphatic rings. The molecule has 0 aliphatic heterocycles. The first kappa shape index (κ1) is 21.9. The fraction of sp³-hybridized carbons (Fsp3) is 0.941. The molecular formula is C17H38O3Si2. The van der Waals surface area contributed by atoms with Gasteiger partial charge in [-0.1, -0.05) is 45.4 Å². The Hall–Kier alpha value is -0.136. The van der Waals surface area contributed by atoms with Gasteiger partial charge in [0.1, 0.15) is 0 Å². The van der Waals surface area contributed by atoms with Crippen molar-refractivity contribution in [2.75, 3.05) is 0 Å². The van der Waals surface area contributed by atoms with Gasteiger partial charge in [0.05, 0.1) is 12.5 Å². The molecule has 0 aromatic carbocycles. The van der Waals surface area contributed by atoms with Crippen molar-refractivity contribution in [3.8, 4) is 0 Å². The predicted molar refractivity (Wildman–Crippen MR) is 100 cm³/mol. The zero-order valence-corrected chi connectivity index (χ0v) is 18.0. The minimum Gasteiger partial charge on any atom is -0.520 e. The molecule has 0 bridgehead atoms. The maximum Gasteiger partial charge on any atom is 0.295 e. The summed E-state index contributed by atoms with van der Waals surface area (Å²) in [6, 6.07) is 0. The highest BCUT2D eigenvalue weighted by molar-refractivity contribution is 6.71. The second kappa shape index (κ2) is 10.6. The number of unbranched alkanes of at least 4 members (excludes halogenated alkanes) is 5. The highest BCUT2D eigenvalue weighted by atomic mass is 28.4. The molecule has 0 aromatic heterocycles. The smallest absolute Gasteiger partial charge is 0.295 e. The average Bonchev–Trinajstić information content (AvgIpc) is 2.28. The first-order chi connectivity index (χ1) is 10.0. The van der Waals surface area contributed by atoms with E-state index in [0.717, 1.165) is 12.8 Å². The van der Waals surface area contributed by atoms with E-state index in [-0.39, 0.29) is 12.1 Å². The monoisotopic (exact) mass is 346 g/mol. The molecule has 0 rings (SSSR count). The molecule has 0 fully saturated rings. The van der Waals surface area contributed by atoms with Crippen LogP contribution in [-0.2, 0) is 13.6 Å². The van der Waals surface area contributed by atoms with Crippen molar-refractivity contribution in [1.82, 2.24) is 0 Å². The largest absolute Gasteiger partial charge is 0.520 e. The lowest BCUT2D eigenvalue weighted by Crippen LogP contribution is -2.36. The molecule has 0 saturated carbocycles. The highest BCUT2D eigenvalue weighted by Crippen LogP contribution is 2.19. The van der Waals surface area contributed by atoms with Crippen LogP contribution in [0.3, 0.4) is 0 Å². The van der Waals surface area contributed by atoms with Gasteiger partial charge in [-0.15, -0.1) is 0 Å². The van der Waals surface area contributed by atoms with Gasteiger partial charge in [0, 0.05) is 0 Å². The van der Waals surface area contributed by atoms with Gasteiger partial charge in [-0.2, -0.15) is 0 Å². The molecule has 5 heteroatoms. The molecular weight excluding hydrogens is 308 g/mol. The van der Waals surface area contributed by atoms with Crippen molar-refractivity contribution in [3.63, 3.8) is 0 Å². The molecule has 132 valence electrons. The minimum absolute atomic E-state index is 0.0432. The van der Waals surface area contributed by atoms with Gasteiger partial charge in [-0.3, -0.25) is 4.79 Å². The van der Waals surface area contributed by atoms with Gasteiger partial charge in [0.2, 0.25) is 8.32 Å². The van der Waals surface area contributed by atoms with Crippen LogP contribution in [0.4, 0.5) is 0 Å². The molecule has 0 spiro atoms.